The SMILES string of the molecule is O=C(O)C(=O)O.O=C(O)CC(=O)O.OB(O)O.[H-].[Na+]. The number of rotatable bonds is 2. The zero-order chi connectivity index (χ0) is 14.6. The molecular weight excluding hydrogens is 270 g/mol. The van der Waals surface area contributed by atoms with Crippen molar-refractivity contribution in [1.29, 1.82) is 0 Å². The van der Waals surface area contributed by atoms with Crippen molar-refractivity contribution in [3.63, 3.8) is 0 Å². The molecule has 0 atom stereocenters. The predicted molar refractivity (Wildman–Crippen MR) is 48.7 cm³/mol. The first kappa shape index (κ1) is 25.6. The summed E-state index contributed by atoms with van der Waals surface area (Å²) in [5, 5.41) is 51.7. The molecule has 7 N–H and O–H groups in total. The van der Waals surface area contributed by atoms with Crippen molar-refractivity contribution in [2.24, 2.45) is 0 Å². The third-order valence-corrected chi connectivity index (χ3v) is 0.485. The third kappa shape index (κ3) is 60.8. The predicted octanol–water partition coefficient (Wildman–Crippen LogP) is -6.23. The first-order valence-electron chi connectivity index (χ1n) is 3.44. The number of hydrogen-bond acceptors (Lipinski definition) is 7. The molecule has 0 saturated heterocycles. The molecule has 0 aliphatic rings. The minimum absolute atomic E-state index is 0. The van der Waals surface area contributed by atoms with Crippen LogP contribution in [0, 0.1) is 0 Å². The van der Waals surface area contributed by atoms with Gasteiger partial charge in [-0.2, -0.15) is 0 Å². The van der Waals surface area contributed by atoms with Crippen LogP contribution in [-0.4, -0.2) is 66.7 Å². The molecule has 0 bridgehead atoms. The largest absolute Gasteiger partial charge is 1.00 e. The molecule has 100 valence electrons. The quantitative estimate of drug-likeness (QED) is 0.143. The second kappa shape index (κ2) is 15.8. The summed E-state index contributed by atoms with van der Waals surface area (Å²) in [7, 11) is -2.17. The zero-order valence-electron chi connectivity index (χ0n) is 10.0. The molecule has 0 aromatic rings. The molecule has 0 aromatic carbocycles. The molecule has 0 aliphatic carbocycles. The molecule has 0 aliphatic heterocycles. The van der Waals surface area contributed by atoms with Crippen molar-refractivity contribution in [1.82, 2.24) is 0 Å². The van der Waals surface area contributed by atoms with Crippen molar-refractivity contribution >= 4 is 31.2 Å². The smallest absolute Gasteiger partial charge is 1.00 e. The molecule has 0 saturated carbocycles. The van der Waals surface area contributed by atoms with Crippen molar-refractivity contribution in [2.45, 2.75) is 6.42 Å². The van der Waals surface area contributed by atoms with Gasteiger partial charge in [-0.15, -0.1) is 0 Å². The number of carbonyl (C=O) groups is 4. The topological polar surface area (TPSA) is 210 Å². The van der Waals surface area contributed by atoms with Crippen LogP contribution < -0.4 is 29.6 Å². The van der Waals surface area contributed by atoms with Gasteiger partial charge in [-0.3, -0.25) is 9.59 Å². The van der Waals surface area contributed by atoms with Crippen molar-refractivity contribution in [2.75, 3.05) is 0 Å². The molecule has 11 nitrogen and oxygen atoms in total. The molecular formula is C5H10BNaO11. The monoisotopic (exact) mass is 280 g/mol. The second-order valence-electron chi connectivity index (χ2n) is 1.92. The van der Waals surface area contributed by atoms with Crippen LogP contribution in [0.2, 0.25) is 0 Å². The van der Waals surface area contributed by atoms with Gasteiger partial charge in [-0.1, -0.05) is 0 Å². The van der Waals surface area contributed by atoms with Gasteiger partial charge in [0.05, 0.1) is 0 Å². The number of carboxylic acid groups (broad SMARTS) is 4. The van der Waals surface area contributed by atoms with Crippen LogP contribution >= 0.6 is 0 Å². The summed E-state index contributed by atoms with van der Waals surface area (Å²) in [6.45, 7) is 0. The molecule has 0 fully saturated rings. The fraction of sp³-hybridized carbons (Fsp3) is 0.200. The van der Waals surface area contributed by atoms with Gasteiger partial charge < -0.3 is 36.9 Å². The van der Waals surface area contributed by atoms with Gasteiger partial charge in [-0.25, -0.2) is 9.59 Å². The molecule has 13 heteroatoms. The van der Waals surface area contributed by atoms with E-state index >= 15 is 0 Å². The summed E-state index contributed by atoms with van der Waals surface area (Å²) in [5.74, 6) is -6.27. The van der Waals surface area contributed by atoms with Crippen molar-refractivity contribution in [3.05, 3.63) is 0 Å². The maximum Gasteiger partial charge on any atom is 1.00 e. The fourth-order valence-corrected chi connectivity index (χ4v) is 0.129. The van der Waals surface area contributed by atoms with Gasteiger partial charge in [0, 0.05) is 0 Å². The summed E-state index contributed by atoms with van der Waals surface area (Å²) >= 11 is 0. The van der Waals surface area contributed by atoms with E-state index in [0.29, 0.717) is 0 Å². The Kier molecular flexibility index (Phi) is 22.5. The minimum atomic E-state index is -2.17. The maximum absolute atomic E-state index is 9.43. The molecule has 0 radical (unpaired) electrons. The number of carboxylic acids is 4. The Morgan fingerprint density at radius 2 is 0.944 bits per heavy atom. The summed E-state index contributed by atoms with van der Waals surface area (Å²) in [5.41, 5.74) is 0. The Hall–Kier alpha value is -1.18. The van der Waals surface area contributed by atoms with Crippen LogP contribution in [0.15, 0.2) is 0 Å². The van der Waals surface area contributed by atoms with E-state index in [0.717, 1.165) is 0 Å². The van der Waals surface area contributed by atoms with Crippen LogP contribution in [0.4, 0.5) is 0 Å². The number of hydrogen-bond donors (Lipinski definition) is 7. The zero-order valence-corrected chi connectivity index (χ0v) is 11.0. The van der Waals surface area contributed by atoms with Crippen LogP contribution in [-0.2, 0) is 19.2 Å². The molecule has 0 spiro atoms. The van der Waals surface area contributed by atoms with Crippen LogP contribution in [0.3, 0.4) is 0 Å². The van der Waals surface area contributed by atoms with E-state index < -0.39 is 37.6 Å². The minimum Gasteiger partial charge on any atom is -1.00 e. The summed E-state index contributed by atoms with van der Waals surface area (Å²) in [4.78, 5) is 37.1. The van der Waals surface area contributed by atoms with E-state index in [-0.39, 0.29) is 31.0 Å². The Morgan fingerprint density at radius 3 is 0.944 bits per heavy atom. The first-order chi connectivity index (χ1) is 7.50. The van der Waals surface area contributed by atoms with Gasteiger partial charge in [0.25, 0.3) is 0 Å². The van der Waals surface area contributed by atoms with Gasteiger partial charge >= 0.3 is 60.8 Å². The Labute approximate surface area is 123 Å². The van der Waals surface area contributed by atoms with E-state index in [1.54, 1.807) is 0 Å². The van der Waals surface area contributed by atoms with E-state index in [2.05, 4.69) is 0 Å². The molecule has 0 amide bonds. The van der Waals surface area contributed by atoms with Gasteiger partial charge in [0.1, 0.15) is 6.42 Å². The van der Waals surface area contributed by atoms with E-state index in [1.807, 2.05) is 0 Å². The average Bonchev–Trinajstić information content (AvgIpc) is 2.00. The van der Waals surface area contributed by atoms with Crippen LogP contribution in [0.1, 0.15) is 7.85 Å². The molecule has 18 heavy (non-hydrogen) atoms. The Balaban J connectivity index is -0.0000000506. The molecule has 0 aromatic heterocycles. The number of aliphatic carboxylic acids is 4. The Morgan fingerprint density at radius 1 is 0.778 bits per heavy atom. The standard InChI is InChI=1S/C3H4O4.C2H2O4.BH3O3.Na.H/c4-2(5)1-3(6)7;3-1(4)2(5)6;2-1(3)4;;/h1H2,(H,4,5)(H,6,7);(H,3,4)(H,5,6);2-4H;;/q;;;+1;-1. The Bertz CT molecular complexity index is 256. The van der Waals surface area contributed by atoms with Crippen molar-refractivity contribution in [3.8, 4) is 0 Å². The third-order valence-electron chi connectivity index (χ3n) is 0.485. The van der Waals surface area contributed by atoms with E-state index in [4.69, 9.17) is 45.1 Å². The first-order valence-corrected chi connectivity index (χ1v) is 3.44. The molecule has 0 rings (SSSR count). The fourth-order valence-electron chi connectivity index (χ4n) is 0.129. The molecule has 0 unspecified atom stereocenters. The normalized spacial score (nSPS) is 7.06. The molecule has 0 heterocycles. The van der Waals surface area contributed by atoms with Crippen LogP contribution in [0.25, 0.3) is 0 Å². The van der Waals surface area contributed by atoms with Gasteiger partial charge in [-0.05, 0) is 0 Å². The van der Waals surface area contributed by atoms with Crippen LogP contribution in [0.5, 0.6) is 0 Å². The van der Waals surface area contributed by atoms with Crippen molar-refractivity contribution < 1.29 is 85.7 Å². The summed E-state index contributed by atoms with van der Waals surface area (Å²) < 4.78 is 0. The summed E-state index contributed by atoms with van der Waals surface area (Å²) in [6, 6.07) is 0. The maximum atomic E-state index is 9.43. The second-order valence-corrected chi connectivity index (χ2v) is 1.92. The van der Waals surface area contributed by atoms with E-state index in [9.17, 15) is 9.59 Å². The summed E-state index contributed by atoms with van der Waals surface area (Å²) in [6.07, 6.45) is -0.806. The van der Waals surface area contributed by atoms with Gasteiger partial charge in [0.2, 0.25) is 0 Å². The van der Waals surface area contributed by atoms with Gasteiger partial charge in [0.15, 0.2) is 0 Å². The van der Waals surface area contributed by atoms with E-state index in [1.165, 1.54) is 0 Å². The average molecular weight is 280 g/mol.